The SMILES string of the molecule is CC(C)c1cccc(C2CCC(Cl)(c3ccc4c(c3)CN(C)Cc3nncn3-4)CC2)n1. The molecular formula is C25H30ClN5. The van der Waals surface area contributed by atoms with Crippen LogP contribution < -0.4 is 0 Å². The van der Waals surface area contributed by atoms with Crippen LogP contribution in [0.2, 0.25) is 0 Å². The van der Waals surface area contributed by atoms with Gasteiger partial charge in [-0.2, -0.15) is 0 Å². The minimum Gasteiger partial charge on any atom is -0.295 e. The van der Waals surface area contributed by atoms with Crippen LogP contribution in [0.5, 0.6) is 0 Å². The third-order valence-electron chi connectivity index (χ3n) is 6.91. The van der Waals surface area contributed by atoms with Crippen molar-refractivity contribution in [2.45, 2.75) is 69.3 Å². The van der Waals surface area contributed by atoms with Crippen LogP contribution in [0.1, 0.15) is 79.7 Å². The zero-order valence-electron chi connectivity index (χ0n) is 18.6. The number of nitrogens with zero attached hydrogens (tertiary/aromatic N) is 5. The number of pyridine rings is 1. The Bertz CT molecular complexity index is 1080. The van der Waals surface area contributed by atoms with Gasteiger partial charge >= 0.3 is 0 Å². The second-order valence-electron chi connectivity index (χ2n) is 9.51. The maximum absolute atomic E-state index is 7.27. The lowest BCUT2D eigenvalue weighted by Crippen LogP contribution is -2.26. The molecule has 0 radical (unpaired) electrons. The molecule has 0 bridgehead atoms. The van der Waals surface area contributed by atoms with Crippen LogP contribution in [0.25, 0.3) is 5.69 Å². The fraction of sp³-hybridized carbons (Fsp3) is 0.480. The van der Waals surface area contributed by atoms with Gasteiger partial charge in [-0.15, -0.1) is 21.8 Å². The highest BCUT2D eigenvalue weighted by Crippen LogP contribution is 2.48. The average Bonchev–Trinajstić information content (AvgIpc) is 3.16. The predicted molar refractivity (Wildman–Crippen MR) is 124 cm³/mol. The smallest absolute Gasteiger partial charge is 0.151 e. The minimum absolute atomic E-state index is 0.303. The number of fused-ring (bicyclic) bond motifs is 3. The van der Waals surface area contributed by atoms with Crippen LogP contribution in [0.15, 0.2) is 42.7 Å². The van der Waals surface area contributed by atoms with Gasteiger partial charge < -0.3 is 0 Å². The van der Waals surface area contributed by atoms with Crippen LogP contribution in [0, 0.1) is 0 Å². The Hall–Kier alpha value is -2.24. The van der Waals surface area contributed by atoms with Crippen LogP contribution in [0.3, 0.4) is 0 Å². The van der Waals surface area contributed by atoms with Gasteiger partial charge in [0.05, 0.1) is 17.1 Å². The first kappa shape index (κ1) is 20.7. The fourth-order valence-electron chi connectivity index (χ4n) is 5.06. The first-order valence-corrected chi connectivity index (χ1v) is 11.7. The van der Waals surface area contributed by atoms with E-state index in [2.05, 4.69) is 77.0 Å². The van der Waals surface area contributed by atoms with Crippen molar-refractivity contribution >= 4 is 11.6 Å². The molecule has 5 nitrogen and oxygen atoms in total. The molecule has 0 N–H and O–H groups in total. The van der Waals surface area contributed by atoms with Gasteiger partial charge in [0.15, 0.2) is 5.82 Å². The van der Waals surface area contributed by atoms with E-state index in [0.29, 0.717) is 11.8 Å². The van der Waals surface area contributed by atoms with E-state index < -0.39 is 0 Å². The molecule has 1 aliphatic carbocycles. The van der Waals surface area contributed by atoms with E-state index in [1.165, 1.54) is 22.5 Å². The third kappa shape index (κ3) is 3.90. The monoisotopic (exact) mass is 435 g/mol. The summed E-state index contributed by atoms with van der Waals surface area (Å²) in [4.78, 5) is 6.92. The zero-order chi connectivity index (χ0) is 21.6. The van der Waals surface area contributed by atoms with Crippen molar-refractivity contribution in [3.05, 3.63) is 71.1 Å². The van der Waals surface area contributed by atoms with Crippen molar-refractivity contribution in [3.8, 4) is 5.69 Å². The van der Waals surface area contributed by atoms with E-state index in [1.54, 1.807) is 0 Å². The van der Waals surface area contributed by atoms with Crippen molar-refractivity contribution in [3.63, 3.8) is 0 Å². The second kappa shape index (κ2) is 8.03. The molecule has 0 saturated heterocycles. The van der Waals surface area contributed by atoms with E-state index in [1.807, 2.05) is 6.33 Å². The van der Waals surface area contributed by atoms with E-state index >= 15 is 0 Å². The number of aromatic nitrogens is 4. The normalized spacial score (nSPS) is 24.0. The van der Waals surface area contributed by atoms with Crippen molar-refractivity contribution in [2.75, 3.05) is 7.05 Å². The van der Waals surface area contributed by atoms with Gasteiger partial charge in [-0.25, -0.2) is 0 Å². The maximum atomic E-state index is 7.27. The van der Waals surface area contributed by atoms with Crippen molar-refractivity contribution in [1.82, 2.24) is 24.6 Å². The Kier molecular flexibility index (Phi) is 5.35. The van der Waals surface area contributed by atoms with Gasteiger partial charge in [0, 0.05) is 23.9 Å². The summed E-state index contributed by atoms with van der Waals surface area (Å²) >= 11 is 7.27. The molecule has 2 aliphatic rings. The number of hydrogen-bond acceptors (Lipinski definition) is 4. The third-order valence-corrected chi connectivity index (χ3v) is 7.50. The molecule has 3 aromatic rings. The molecule has 162 valence electrons. The molecule has 0 atom stereocenters. The summed E-state index contributed by atoms with van der Waals surface area (Å²) in [6, 6.07) is 13.2. The van der Waals surface area contributed by atoms with Gasteiger partial charge in [-0.3, -0.25) is 14.5 Å². The lowest BCUT2D eigenvalue weighted by Gasteiger charge is -2.36. The first-order valence-electron chi connectivity index (χ1n) is 11.3. The Morgan fingerprint density at radius 3 is 2.68 bits per heavy atom. The summed E-state index contributed by atoms with van der Waals surface area (Å²) < 4.78 is 2.10. The van der Waals surface area contributed by atoms with Crippen LogP contribution in [0.4, 0.5) is 0 Å². The average molecular weight is 436 g/mol. The Morgan fingerprint density at radius 2 is 1.90 bits per heavy atom. The summed E-state index contributed by atoms with van der Waals surface area (Å²) in [5.74, 6) is 1.93. The maximum Gasteiger partial charge on any atom is 0.151 e. The highest BCUT2D eigenvalue weighted by molar-refractivity contribution is 6.24. The quantitative estimate of drug-likeness (QED) is 0.508. The van der Waals surface area contributed by atoms with E-state index in [-0.39, 0.29) is 4.87 Å². The second-order valence-corrected chi connectivity index (χ2v) is 10.2. The molecule has 1 saturated carbocycles. The largest absolute Gasteiger partial charge is 0.295 e. The number of benzene rings is 1. The zero-order valence-corrected chi connectivity index (χ0v) is 19.3. The van der Waals surface area contributed by atoms with Crippen LogP contribution in [-0.4, -0.2) is 31.7 Å². The number of hydrogen-bond donors (Lipinski definition) is 0. The summed E-state index contributed by atoms with van der Waals surface area (Å²) in [6.07, 6.45) is 5.90. The first-order chi connectivity index (χ1) is 14.9. The number of alkyl halides is 1. The molecule has 5 rings (SSSR count). The molecule has 31 heavy (non-hydrogen) atoms. The fourth-order valence-corrected chi connectivity index (χ4v) is 5.40. The van der Waals surface area contributed by atoms with E-state index in [0.717, 1.165) is 50.3 Å². The Labute approximate surface area is 189 Å². The van der Waals surface area contributed by atoms with Gasteiger partial charge in [0.1, 0.15) is 6.33 Å². The minimum atomic E-state index is -0.303. The van der Waals surface area contributed by atoms with Crippen LogP contribution >= 0.6 is 11.6 Å². The molecule has 6 heteroatoms. The highest BCUT2D eigenvalue weighted by Gasteiger charge is 2.36. The molecule has 0 unspecified atom stereocenters. The topological polar surface area (TPSA) is 46.8 Å². The van der Waals surface area contributed by atoms with Gasteiger partial charge in [-0.05, 0) is 68.0 Å². The molecule has 0 spiro atoms. The van der Waals surface area contributed by atoms with Gasteiger partial charge in [0.2, 0.25) is 0 Å². The molecule has 2 aromatic heterocycles. The van der Waals surface area contributed by atoms with E-state index in [4.69, 9.17) is 16.6 Å². The Balaban J connectivity index is 1.38. The molecule has 0 amide bonds. The molecular weight excluding hydrogens is 406 g/mol. The lowest BCUT2D eigenvalue weighted by atomic mass is 9.76. The lowest BCUT2D eigenvalue weighted by molar-refractivity contribution is 0.314. The van der Waals surface area contributed by atoms with E-state index in [9.17, 15) is 0 Å². The Morgan fingerprint density at radius 1 is 1.10 bits per heavy atom. The summed E-state index contributed by atoms with van der Waals surface area (Å²) in [7, 11) is 2.13. The number of halogens is 1. The molecule has 1 aliphatic heterocycles. The number of rotatable bonds is 3. The summed E-state index contributed by atoms with van der Waals surface area (Å²) in [5.41, 5.74) is 6.10. The van der Waals surface area contributed by atoms with Crippen molar-refractivity contribution < 1.29 is 0 Å². The van der Waals surface area contributed by atoms with Gasteiger partial charge in [-0.1, -0.05) is 32.0 Å². The summed E-state index contributed by atoms with van der Waals surface area (Å²) in [5, 5.41) is 8.40. The predicted octanol–water partition coefficient (Wildman–Crippen LogP) is 5.52. The molecule has 1 fully saturated rings. The molecule has 1 aromatic carbocycles. The van der Waals surface area contributed by atoms with Crippen LogP contribution in [-0.2, 0) is 18.0 Å². The molecule has 3 heterocycles. The van der Waals surface area contributed by atoms with Gasteiger partial charge in [0.25, 0.3) is 0 Å². The standard InChI is InChI=1S/C25H30ClN5/c1-17(2)21-5-4-6-22(28-21)18-9-11-25(26,12-10-18)20-7-8-23-19(13-20)14-30(3)15-24-29-27-16-31(23)24/h4-8,13,16-18H,9-12,14-15H2,1-3H3. The summed E-state index contributed by atoms with van der Waals surface area (Å²) in [6.45, 7) is 6.08. The van der Waals surface area contributed by atoms with Crippen molar-refractivity contribution in [1.29, 1.82) is 0 Å². The highest BCUT2D eigenvalue weighted by atomic mass is 35.5. The van der Waals surface area contributed by atoms with Crippen molar-refractivity contribution in [2.24, 2.45) is 0 Å².